The fourth-order valence-corrected chi connectivity index (χ4v) is 1.92. The smallest absolute Gasteiger partial charge is 0.276 e. The monoisotopic (exact) mass is 320 g/mol. The van der Waals surface area contributed by atoms with Crippen molar-refractivity contribution >= 4 is 17.4 Å². The highest BCUT2D eigenvalue weighted by Crippen LogP contribution is 2.18. The maximum atomic E-state index is 13.5. The number of nitrogens with one attached hydrogen (secondary N) is 2. The van der Waals surface area contributed by atoms with Crippen molar-refractivity contribution in [1.29, 1.82) is 0 Å². The van der Waals surface area contributed by atoms with Crippen molar-refractivity contribution in [3.05, 3.63) is 47.9 Å². The molecule has 0 aliphatic rings. The van der Waals surface area contributed by atoms with E-state index in [0.717, 1.165) is 37.9 Å². The first-order valence-electron chi connectivity index (χ1n) is 7.43. The van der Waals surface area contributed by atoms with Crippen molar-refractivity contribution in [2.24, 2.45) is 0 Å². The van der Waals surface area contributed by atoms with Gasteiger partial charge in [-0.2, -0.15) is 0 Å². The normalized spacial score (nSPS) is 10.4. The van der Waals surface area contributed by atoms with Crippen molar-refractivity contribution < 1.29 is 13.6 Å². The topological polar surface area (TPSA) is 66.9 Å². The molecule has 0 fully saturated rings. The molecule has 2 N–H and O–H groups in total. The number of para-hydroxylation sites is 1. The molecule has 0 radical (unpaired) electrons. The van der Waals surface area contributed by atoms with Gasteiger partial charge in [-0.05, 0) is 18.6 Å². The number of carbonyl (C=O) groups excluding carboxylic acids is 1. The zero-order valence-electron chi connectivity index (χ0n) is 12.8. The molecule has 122 valence electrons. The fourth-order valence-electron chi connectivity index (χ4n) is 1.92. The second-order valence-corrected chi connectivity index (χ2v) is 4.97. The maximum Gasteiger partial charge on any atom is 0.276 e. The first-order valence-corrected chi connectivity index (χ1v) is 7.43. The highest BCUT2D eigenvalue weighted by molar-refractivity contribution is 6.02. The predicted molar refractivity (Wildman–Crippen MR) is 84.4 cm³/mol. The lowest BCUT2D eigenvalue weighted by molar-refractivity contribution is 0.102. The average molecular weight is 320 g/mol. The molecular formula is C16H18F2N4O. The summed E-state index contributed by atoms with van der Waals surface area (Å²) >= 11 is 0. The SMILES string of the molecule is CCCCCNc1cnc(C(=O)Nc2c(F)cccc2F)cn1. The van der Waals surface area contributed by atoms with E-state index in [1.807, 2.05) is 0 Å². The Balaban J connectivity index is 1.97. The molecule has 0 atom stereocenters. The summed E-state index contributed by atoms with van der Waals surface area (Å²) < 4.78 is 27.0. The molecule has 2 rings (SSSR count). The number of aromatic nitrogens is 2. The summed E-state index contributed by atoms with van der Waals surface area (Å²) in [4.78, 5) is 20.0. The van der Waals surface area contributed by atoms with Crippen LogP contribution < -0.4 is 10.6 Å². The van der Waals surface area contributed by atoms with Crippen LogP contribution in [0.1, 0.15) is 36.7 Å². The van der Waals surface area contributed by atoms with Gasteiger partial charge in [-0.1, -0.05) is 25.8 Å². The summed E-state index contributed by atoms with van der Waals surface area (Å²) in [5.41, 5.74) is -0.521. The van der Waals surface area contributed by atoms with Gasteiger partial charge in [0.25, 0.3) is 5.91 Å². The lowest BCUT2D eigenvalue weighted by Gasteiger charge is -2.08. The van der Waals surface area contributed by atoms with Crippen molar-refractivity contribution in [3.63, 3.8) is 0 Å². The fraction of sp³-hybridized carbons (Fsp3) is 0.312. The van der Waals surface area contributed by atoms with Crippen LogP contribution >= 0.6 is 0 Å². The van der Waals surface area contributed by atoms with Crippen molar-refractivity contribution in [1.82, 2.24) is 9.97 Å². The van der Waals surface area contributed by atoms with E-state index >= 15 is 0 Å². The number of anilines is 2. The summed E-state index contributed by atoms with van der Waals surface area (Å²) in [5.74, 6) is -1.87. The van der Waals surface area contributed by atoms with Gasteiger partial charge in [0.05, 0.1) is 12.4 Å². The number of benzene rings is 1. The van der Waals surface area contributed by atoms with E-state index < -0.39 is 23.2 Å². The van der Waals surface area contributed by atoms with Crippen LogP contribution in [0.15, 0.2) is 30.6 Å². The molecule has 2 aromatic rings. The Kier molecular flexibility index (Phi) is 5.96. The molecule has 1 amide bonds. The number of amides is 1. The minimum atomic E-state index is -0.847. The Labute approximate surface area is 133 Å². The number of hydrogen-bond acceptors (Lipinski definition) is 4. The molecule has 1 heterocycles. The van der Waals surface area contributed by atoms with E-state index in [1.165, 1.54) is 18.5 Å². The zero-order valence-corrected chi connectivity index (χ0v) is 12.8. The van der Waals surface area contributed by atoms with Crippen LogP contribution in [0.25, 0.3) is 0 Å². The Morgan fingerprint density at radius 3 is 2.48 bits per heavy atom. The largest absolute Gasteiger partial charge is 0.369 e. The second-order valence-electron chi connectivity index (χ2n) is 4.97. The van der Waals surface area contributed by atoms with Crippen LogP contribution in [-0.4, -0.2) is 22.4 Å². The summed E-state index contributed by atoms with van der Waals surface area (Å²) in [7, 11) is 0. The molecule has 1 aromatic heterocycles. The van der Waals surface area contributed by atoms with Crippen LogP contribution in [0.4, 0.5) is 20.3 Å². The Bertz CT molecular complexity index is 641. The number of nitrogens with zero attached hydrogens (tertiary/aromatic N) is 2. The molecular weight excluding hydrogens is 302 g/mol. The van der Waals surface area contributed by atoms with Gasteiger partial charge in [-0.3, -0.25) is 4.79 Å². The van der Waals surface area contributed by atoms with E-state index in [9.17, 15) is 13.6 Å². The van der Waals surface area contributed by atoms with E-state index in [2.05, 4.69) is 27.5 Å². The number of unbranched alkanes of at least 4 members (excludes halogenated alkanes) is 2. The first kappa shape index (κ1) is 16.8. The molecule has 5 nitrogen and oxygen atoms in total. The molecule has 1 aromatic carbocycles. The molecule has 7 heteroatoms. The second kappa shape index (κ2) is 8.17. The van der Waals surface area contributed by atoms with Crippen LogP contribution in [0.5, 0.6) is 0 Å². The number of halogens is 2. The van der Waals surface area contributed by atoms with Gasteiger partial charge in [0, 0.05) is 6.54 Å². The van der Waals surface area contributed by atoms with Crippen molar-refractivity contribution in [2.75, 3.05) is 17.2 Å². The Morgan fingerprint density at radius 1 is 1.13 bits per heavy atom. The lowest BCUT2D eigenvalue weighted by Crippen LogP contribution is -2.16. The van der Waals surface area contributed by atoms with E-state index in [4.69, 9.17) is 0 Å². The quantitative estimate of drug-likeness (QED) is 0.765. The molecule has 0 bridgehead atoms. The van der Waals surface area contributed by atoms with Crippen molar-refractivity contribution in [3.8, 4) is 0 Å². The van der Waals surface area contributed by atoms with Gasteiger partial charge >= 0.3 is 0 Å². The molecule has 0 unspecified atom stereocenters. The maximum absolute atomic E-state index is 13.5. The van der Waals surface area contributed by atoms with E-state index in [0.29, 0.717) is 5.82 Å². The van der Waals surface area contributed by atoms with Gasteiger partial charge in [0.2, 0.25) is 0 Å². The number of hydrogen-bond donors (Lipinski definition) is 2. The van der Waals surface area contributed by atoms with Crippen LogP contribution in [-0.2, 0) is 0 Å². The van der Waals surface area contributed by atoms with Crippen LogP contribution in [0.2, 0.25) is 0 Å². The molecule has 0 aliphatic carbocycles. The van der Waals surface area contributed by atoms with Gasteiger partial charge in [0.1, 0.15) is 28.8 Å². The lowest BCUT2D eigenvalue weighted by atomic mass is 10.2. The van der Waals surface area contributed by atoms with E-state index in [1.54, 1.807) is 0 Å². The third kappa shape index (κ3) is 4.70. The molecule has 0 aliphatic heterocycles. The third-order valence-electron chi connectivity index (χ3n) is 3.17. The summed E-state index contributed by atoms with van der Waals surface area (Å²) in [6.07, 6.45) is 5.94. The number of carbonyl (C=O) groups is 1. The molecule has 0 saturated heterocycles. The highest BCUT2D eigenvalue weighted by atomic mass is 19.1. The van der Waals surface area contributed by atoms with Gasteiger partial charge in [-0.15, -0.1) is 0 Å². The summed E-state index contributed by atoms with van der Waals surface area (Å²) in [6, 6.07) is 3.35. The average Bonchev–Trinajstić information content (AvgIpc) is 2.55. The minimum Gasteiger partial charge on any atom is -0.369 e. The third-order valence-corrected chi connectivity index (χ3v) is 3.17. The Hall–Kier alpha value is -2.57. The highest BCUT2D eigenvalue weighted by Gasteiger charge is 2.14. The molecule has 23 heavy (non-hydrogen) atoms. The summed E-state index contributed by atoms with van der Waals surface area (Å²) in [5, 5.41) is 5.25. The minimum absolute atomic E-state index is 0.0215. The predicted octanol–water partition coefficient (Wildman–Crippen LogP) is 3.61. The molecule has 0 spiro atoms. The standard InChI is InChI=1S/C16H18F2N4O/c1-2-3-4-8-19-14-10-20-13(9-21-14)16(23)22-15-11(17)6-5-7-12(15)18/h5-7,9-10H,2-4,8H2,1H3,(H,19,21)(H,22,23). The van der Waals surface area contributed by atoms with Crippen LogP contribution in [0, 0.1) is 11.6 Å². The molecule has 0 saturated carbocycles. The van der Waals surface area contributed by atoms with Crippen molar-refractivity contribution in [2.45, 2.75) is 26.2 Å². The van der Waals surface area contributed by atoms with Crippen LogP contribution in [0.3, 0.4) is 0 Å². The van der Waals surface area contributed by atoms with E-state index in [-0.39, 0.29) is 5.69 Å². The van der Waals surface area contributed by atoms with Gasteiger partial charge in [0.15, 0.2) is 0 Å². The first-order chi connectivity index (χ1) is 11.1. The van der Waals surface area contributed by atoms with Gasteiger partial charge < -0.3 is 10.6 Å². The number of rotatable bonds is 7. The van der Waals surface area contributed by atoms with Gasteiger partial charge in [-0.25, -0.2) is 18.7 Å². The summed E-state index contributed by atoms with van der Waals surface area (Å²) in [6.45, 7) is 2.89. The zero-order chi connectivity index (χ0) is 16.7. The Morgan fingerprint density at radius 2 is 1.87 bits per heavy atom.